The van der Waals surface area contributed by atoms with E-state index in [-0.39, 0.29) is 12.0 Å². The van der Waals surface area contributed by atoms with Gasteiger partial charge in [-0.15, -0.1) is 11.3 Å². The third kappa shape index (κ3) is 3.10. The molecule has 1 aliphatic rings. The van der Waals surface area contributed by atoms with Gasteiger partial charge in [0.2, 0.25) is 0 Å². The van der Waals surface area contributed by atoms with E-state index >= 15 is 0 Å². The summed E-state index contributed by atoms with van der Waals surface area (Å²) in [6.07, 6.45) is 2.59. The number of hydrogen-bond acceptors (Lipinski definition) is 5. The summed E-state index contributed by atoms with van der Waals surface area (Å²) >= 11 is 1.77. The van der Waals surface area contributed by atoms with Crippen LogP contribution in [-0.2, 0) is 6.54 Å². The first kappa shape index (κ1) is 16.7. The number of aromatic nitrogens is 3. The molecule has 25 heavy (non-hydrogen) atoms. The van der Waals surface area contributed by atoms with Crippen LogP contribution in [0.25, 0.3) is 5.65 Å². The molecule has 0 aliphatic carbocycles. The van der Waals surface area contributed by atoms with Crippen molar-refractivity contribution in [1.29, 1.82) is 0 Å². The van der Waals surface area contributed by atoms with Gasteiger partial charge in [0, 0.05) is 40.8 Å². The highest BCUT2D eigenvalue weighted by Crippen LogP contribution is 2.34. The average molecular weight is 356 g/mol. The maximum absolute atomic E-state index is 10.7. The highest BCUT2D eigenvalue weighted by molar-refractivity contribution is 7.10. The topological polar surface area (TPSA) is 53.7 Å². The fourth-order valence-electron chi connectivity index (χ4n) is 3.88. The van der Waals surface area contributed by atoms with Crippen LogP contribution in [0.3, 0.4) is 0 Å². The molecule has 1 aliphatic heterocycles. The van der Waals surface area contributed by atoms with E-state index in [0.717, 1.165) is 42.1 Å². The van der Waals surface area contributed by atoms with E-state index in [0.29, 0.717) is 6.54 Å². The van der Waals surface area contributed by atoms with Crippen molar-refractivity contribution in [2.45, 2.75) is 45.8 Å². The Labute approximate surface area is 151 Å². The van der Waals surface area contributed by atoms with Gasteiger partial charge in [0.25, 0.3) is 0 Å². The lowest BCUT2D eigenvalue weighted by atomic mass is 9.90. The summed E-state index contributed by atoms with van der Waals surface area (Å²) in [7, 11) is 0. The molecule has 0 aromatic carbocycles. The first-order valence-corrected chi connectivity index (χ1v) is 9.66. The maximum Gasteiger partial charge on any atom is 0.159 e. The van der Waals surface area contributed by atoms with Gasteiger partial charge in [0.15, 0.2) is 5.65 Å². The Morgan fingerprint density at radius 3 is 2.88 bits per heavy atom. The molecule has 5 nitrogen and oxygen atoms in total. The van der Waals surface area contributed by atoms with Crippen LogP contribution in [0.15, 0.2) is 23.7 Å². The van der Waals surface area contributed by atoms with Gasteiger partial charge < -0.3 is 5.11 Å². The Morgan fingerprint density at radius 2 is 2.16 bits per heavy atom. The van der Waals surface area contributed by atoms with Crippen molar-refractivity contribution in [3.05, 3.63) is 51.1 Å². The number of thiophene rings is 1. The highest BCUT2D eigenvalue weighted by atomic mass is 32.1. The van der Waals surface area contributed by atoms with Gasteiger partial charge in [-0.2, -0.15) is 5.10 Å². The number of β-amino-alcohol motifs (C(OH)–C–C–N with tert-alkyl or cyclic N) is 1. The minimum absolute atomic E-state index is 0.266. The largest absolute Gasteiger partial charge is 0.391 e. The SMILES string of the molecule is Cc1cc(C)n2ncc(CN3CC[C@@H](c4sccc4C)[C@H](O)C3)c2n1. The predicted octanol–water partition coefficient (Wildman–Crippen LogP) is 3.07. The standard InChI is InChI=1S/C19H24N4OS/c1-12-5-7-25-18(12)16-4-6-22(11-17(16)24)10-15-9-20-23-14(3)8-13(2)21-19(15)23/h5,7-9,16-17,24H,4,6,10-11H2,1-3H3/t16-,17-/m1/s1. The van der Waals surface area contributed by atoms with Crippen molar-refractivity contribution >= 4 is 17.0 Å². The predicted molar refractivity (Wildman–Crippen MR) is 100 cm³/mol. The number of nitrogens with zero attached hydrogens (tertiary/aromatic N) is 4. The summed E-state index contributed by atoms with van der Waals surface area (Å²) in [4.78, 5) is 8.32. The van der Waals surface area contributed by atoms with E-state index in [2.05, 4.69) is 40.3 Å². The molecule has 0 bridgehead atoms. The lowest BCUT2D eigenvalue weighted by Crippen LogP contribution is -2.42. The van der Waals surface area contributed by atoms with Gasteiger partial charge in [-0.1, -0.05) is 0 Å². The Morgan fingerprint density at radius 1 is 1.32 bits per heavy atom. The molecule has 3 aromatic heterocycles. The molecule has 0 saturated carbocycles. The lowest BCUT2D eigenvalue weighted by molar-refractivity contribution is 0.0487. The normalized spacial score (nSPS) is 21.9. The number of fused-ring (bicyclic) bond motifs is 1. The molecule has 2 atom stereocenters. The minimum atomic E-state index is -0.315. The van der Waals surface area contributed by atoms with Crippen molar-refractivity contribution in [2.24, 2.45) is 0 Å². The Hall–Kier alpha value is -1.76. The minimum Gasteiger partial charge on any atom is -0.391 e. The van der Waals surface area contributed by atoms with Crippen LogP contribution in [0, 0.1) is 20.8 Å². The summed E-state index contributed by atoms with van der Waals surface area (Å²) in [5.41, 5.74) is 5.48. The first-order chi connectivity index (χ1) is 12.0. The smallest absolute Gasteiger partial charge is 0.159 e. The van der Waals surface area contributed by atoms with Gasteiger partial charge >= 0.3 is 0 Å². The van der Waals surface area contributed by atoms with E-state index in [9.17, 15) is 5.11 Å². The molecule has 0 unspecified atom stereocenters. The number of hydrogen-bond donors (Lipinski definition) is 1. The summed E-state index contributed by atoms with van der Waals surface area (Å²) in [5.74, 6) is 0.266. The third-order valence-corrected chi connectivity index (χ3v) is 6.30. The van der Waals surface area contributed by atoms with Crippen LogP contribution >= 0.6 is 11.3 Å². The van der Waals surface area contributed by atoms with Crippen molar-refractivity contribution in [1.82, 2.24) is 19.5 Å². The summed E-state index contributed by atoms with van der Waals surface area (Å²) in [5, 5.41) is 17.3. The van der Waals surface area contributed by atoms with Gasteiger partial charge in [-0.25, -0.2) is 9.50 Å². The van der Waals surface area contributed by atoms with Crippen LogP contribution in [-0.4, -0.2) is 43.8 Å². The van der Waals surface area contributed by atoms with Crippen LogP contribution in [0.2, 0.25) is 0 Å². The molecule has 1 saturated heterocycles. The molecule has 132 valence electrons. The molecular formula is C19H24N4OS. The molecule has 3 aromatic rings. The average Bonchev–Trinajstić information content (AvgIpc) is 3.15. The lowest BCUT2D eigenvalue weighted by Gasteiger charge is -2.35. The summed E-state index contributed by atoms with van der Waals surface area (Å²) in [6, 6.07) is 4.19. The van der Waals surface area contributed by atoms with E-state index in [1.807, 2.05) is 23.7 Å². The zero-order chi connectivity index (χ0) is 17.6. The highest BCUT2D eigenvalue weighted by Gasteiger charge is 2.30. The zero-order valence-corrected chi connectivity index (χ0v) is 15.8. The van der Waals surface area contributed by atoms with E-state index in [1.54, 1.807) is 11.3 Å². The van der Waals surface area contributed by atoms with E-state index < -0.39 is 0 Å². The molecule has 0 radical (unpaired) electrons. The van der Waals surface area contributed by atoms with Crippen LogP contribution in [0.1, 0.15) is 39.7 Å². The van der Waals surface area contributed by atoms with Crippen LogP contribution < -0.4 is 0 Å². The first-order valence-electron chi connectivity index (χ1n) is 8.78. The monoisotopic (exact) mass is 356 g/mol. The zero-order valence-electron chi connectivity index (χ0n) is 14.9. The second-order valence-corrected chi connectivity index (χ2v) is 8.06. The number of piperidine rings is 1. The third-order valence-electron chi connectivity index (χ3n) is 5.15. The van der Waals surface area contributed by atoms with Crippen molar-refractivity contribution in [3.8, 4) is 0 Å². The number of rotatable bonds is 3. The summed E-state index contributed by atoms with van der Waals surface area (Å²) in [6.45, 7) is 8.68. The molecule has 0 spiro atoms. The maximum atomic E-state index is 10.7. The second-order valence-electron chi connectivity index (χ2n) is 7.11. The molecule has 0 amide bonds. The molecule has 4 heterocycles. The fraction of sp³-hybridized carbons (Fsp3) is 0.474. The Balaban J connectivity index is 1.51. The Bertz CT molecular complexity index is 900. The number of aliphatic hydroxyl groups is 1. The van der Waals surface area contributed by atoms with Gasteiger partial charge in [0.05, 0.1) is 12.3 Å². The molecular weight excluding hydrogens is 332 g/mol. The second kappa shape index (κ2) is 6.52. The Kier molecular flexibility index (Phi) is 4.35. The van der Waals surface area contributed by atoms with E-state index in [1.165, 1.54) is 10.4 Å². The number of likely N-dealkylation sites (tertiary alicyclic amines) is 1. The van der Waals surface area contributed by atoms with Crippen LogP contribution in [0.4, 0.5) is 0 Å². The molecule has 1 N–H and O–H groups in total. The summed E-state index contributed by atoms with van der Waals surface area (Å²) < 4.78 is 1.90. The molecule has 6 heteroatoms. The van der Waals surface area contributed by atoms with Crippen molar-refractivity contribution in [2.75, 3.05) is 13.1 Å². The van der Waals surface area contributed by atoms with Gasteiger partial charge in [-0.05, 0) is 56.8 Å². The van der Waals surface area contributed by atoms with Crippen molar-refractivity contribution < 1.29 is 5.11 Å². The molecule has 1 fully saturated rings. The van der Waals surface area contributed by atoms with Gasteiger partial charge in [-0.3, -0.25) is 4.90 Å². The van der Waals surface area contributed by atoms with Gasteiger partial charge in [0.1, 0.15) is 0 Å². The van der Waals surface area contributed by atoms with Crippen LogP contribution in [0.5, 0.6) is 0 Å². The van der Waals surface area contributed by atoms with Crippen molar-refractivity contribution in [3.63, 3.8) is 0 Å². The number of aliphatic hydroxyl groups excluding tert-OH is 1. The number of aryl methyl sites for hydroxylation is 3. The fourth-order valence-corrected chi connectivity index (χ4v) is 5.00. The molecule has 4 rings (SSSR count). The van der Waals surface area contributed by atoms with E-state index in [4.69, 9.17) is 0 Å². The quantitative estimate of drug-likeness (QED) is 0.784.